The first-order chi connectivity index (χ1) is 7.51. The first kappa shape index (κ1) is 13.2. The molecule has 0 aliphatic heterocycles. The lowest BCUT2D eigenvalue weighted by molar-refractivity contribution is 0.623. The summed E-state index contributed by atoms with van der Waals surface area (Å²) in [6.07, 6.45) is 2.15. The van der Waals surface area contributed by atoms with Crippen LogP contribution in [0.25, 0.3) is 0 Å². The molecule has 2 nitrogen and oxygen atoms in total. The summed E-state index contributed by atoms with van der Waals surface area (Å²) >= 11 is 0. The van der Waals surface area contributed by atoms with Gasteiger partial charge in [-0.2, -0.15) is 0 Å². The predicted octanol–water partition coefficient (Wildman–Crippen LogP) is 2.94. The molecule has 90 valence electrons. The Kier molecular flexibility index (Phi) is 4.94. The predicted molar refractivity (Wildman–Crippen MR) is 69.2 cm³/mol. The summed E-state index contributed by atoms with van der Waals surface area (Å²) < 4.78 is 0. The van der Waals surface area contributed by atoms with Crippen LogP contribution in [0.15, 0.2) is 12.1 Å². The Bertz CT molecular complexity index is 301. The maximum absolute atomic E-state index is 5.69. The minimum absolute atomic E-state index is 0.539. The van der Waals surface area contributed by atoms with Gasteiger partial charge in [-0.05, 0) is 42.4 Å². The van der Waals surface area contributed by atoms with Crippen LogP contribution in [-0.2, 0) is 19.4 Å². The van der Waals surface area contributed by atoms with Crippen LogP contribution < -0.4 is 5.73 Å². The summed E-state index contributed by atoms with van der Waals surface area (Å²) in [4.78, 5) is 4.57. The first-order valence-electron chi connectivity index (χ1n) is 6.20. The highest BCUT2D eigenvalue weighted by molar-refractivity contribution is 5.22. The Morgan fingerprint density at radius 2 is 1.56 bits per heavy atom. The molecule has 0 saturated heterocycles. The third-order valence-corrected chi connectivity index (χ3v) is 2.46. The summed E-state index contributed by atoms with van der Waals surface area (Å²) in [5.74, 6) is 1.33. The van der Waals surface area contributed by atoms with Crippen molar-refractivity contribution in [2.75, 3.05) is 0 Å². The van der Waals surface area contributed by atoms with Crippen molar-refractivity contribution in [1.82, 2.24) is 4.98 Å². The Labute approximate surface area is 99.3 Å². The van der Waals surface area contributed by atoms with Crippen LogP contribution in [0, 0.1) is 11.8 Å². The maximum Gasteiger partial charge on any atom is 0.0545 e. The van der Waals surface area contributed by atoms with Crippen LogP contribution in [0.5, 0.6) is 0 Å². The van der Waals surface area contributed by atoms with Crippen molar-refractivity contribution in [1.29, 1.82) is 0 Å². The van der Waals surface area contributed by atoms with E-state index in [1.807, 2.05) is 0 Å². The molecule has 1 rings (SSSR count). The van der Waals surface area contributed by atoms with Crippen LogP contribution >= 0.6 is 0 Å². The van der Waals surface area contributed by atoms with E-state index in [9.17, 15) is 0 Å². The summed E-state index contributed by atoms with van der Waals surface area (Å²) in [6, 6.07) is 4.38. The Morgan fingerprint density at radius 1 is 1.00 bits per heavy atom. The first-order valence-corrected chi connectivity index (χ1v) is 6.20. The van der Waals surface area contributed by atoms with Gasteiger partial charge in [0.25, 0.3) is 0 Å². The highest BCUT2D eigenvalue weighted by Crippen LogP contribution is 2.14. The zero-order chi connectivity index (χ0) is 12.1. The van der Waals surface area contributed by atoms with E-state index in [1.165, 1.54) is 11.3 Å². The second kappa shape index (κ2) is 6.00. The summed E-state index contributed by atoms with van der Waals surface area (Å²) in [5.41, 5.74) is 9.27. The average molecular weight is 220 g/mol. The zero-order valence-corrected chi connectivity index (χ0v) is 11.0. The van der Waals surface area contributed by atoms with Crippen LogP contribution in [-0.4, -0.2) is 4.98 Å². The molecule has 0 fully saturated rings. The maximum atomic E-state index is 5.69. The lowest BCUT2D eigenvalue weighted by Gasteiger charge is -2.11. The molecular weight excluding hydrogens is 196 g/mol. The van der Waals surface area contributed by atoms with Gasteiger partial charge < -0.3 is 5.73 Å². The molecule has 1 heterocycles. The quantitative estimate of drug-likeness (QED) is 0.828. The van der Waals surface area contributed by atoms with Crippen molar-refractivity contribution in [3.05, 3.63) is 29.1 Å². The van der Waals surface area contributed by atoms with Gasteiger partial charge in [0.15, 0.2) is 0 Å². The molecular formula is C14H24N2. The molecule has 0 atom stereocenters. The van der Waals surface area contributed by atoms with Gasteiger partial charge >= 0.3 is 0 Å². The average Bonchev–Trinajstić information content (AvgIpc) is 2.14. The standard InChI is InChI=1S/C14H24N2/c1-10(2)5-12-7-13(6-11(3)4)16-14(8-12)9-15/h7-8,10-11H,5-6,9,15H2,1-4H3. The van der Waals surface area contributed by atoms with Crippen LogP contribution in [0.1, 0.15) is 44.6 Å². The molecule has 1 aromatic heterocycles. The summed E-state index contributed by atoms with van der Waals surface area (Å²) in [6.45, 7) is 9.46. The fourth-order valence-electron chi connectivity index (χ4n) is 1.94. The SMILES string of the molecule is CC(C)Cc1cc(CN)nc(CC(C)C)c1. The number of nitrogens with two attached hydrogens (primary N) is 1. The molecule has 1 aromatic rings. The van der Waals surface area contributed by atoms with E-state index in [-0.39, 0.29) is 0 Å². The number of pyridine rings is 1. The Balaban J connectivity index is 2.91. The van der Waals surface area contributed by atoms with Gasteiger partial charge in [-0.3, -0.25) is 4.98 Å². The molecule has 0 unspecified atom stereocenters. The van der Waals surface area contributed by atoms with E-state index in [0.29, 0.717) is 18.4 Å². The zero-order valence-electron chi connectivity index (χ0n) is 11.0. The molecule has 0 aliphatic rings. The van der Waals surface area contributed by atoms with Crippen molar-refractivity contribution in [3.63, 3.8) is 0 Å². The Hall–Kier alpha value is -0.890. The third-order valence-electron chi connectivity index (χ3n) is 2.46. The molecule has 2 N–H and O–H groups in total. The van der Waals surface area contributed by atoms with E-state index in [2.05, 4.69) is 44.8 Å². The fourth-order valence-corrected chi connectivity index (χ4v) is 1.94. The lowest BCUT2D eigenvalue weighted by Crippen LogP contribution is -2.07. The van der Waals surface area contributed by atoms with E-state index in [0.717, 1.165) is 18.5 Å². The molecule has 0 spiro atoms. The van der Waals surface area contributed by atoms with E-state index >= 15 is 0 Å². The van der Waals surface area contributed by atoms with Gasteiger partial charge in [0, 0.05) is 12.2 Å². The van der Waals surface area contributed by atoms with Gasteiger partial charge in [-0.1, -0.05) is 27.7 Å². The molecule has 0 amide bonds. The van der Waals surface area contributed by atoms with Crippen LogP contribution in [0.2, 0.25) is 0 Å². The summed E-state index contributed by atoms with van der Waals surface area (Å²) in [5, 5.41) is 0. The van der Waals surface area contributed by atoms with Crippen LogP contribution in [0.4, 0.5) is 0 Å². The molecule has 0 radical (unpaired) electrons. The minimum atomic E-state index is 0.539. The van der Waals surface area contributed by atoms with E-state index < -0.39 is 0 Å². The lowest BCUT2D eigenvalue weighted by atomic mass is 10.00. The normalized spacial score (nSPS) is 11.4. The fraction of sp³-hybridized carbons (Fsp3) is 0.643. The van der Waals surface area contributed by atoms with E-state index in [1.54, 1.807) is 0 Å². The van der Waals surface area contributed by atoms with Crippen molar-refractivity contribution in [3.8, 4) is 0 Å². The van der Waals surface area contributed by atoms with Gasteiger partial charge in [-0.15, -0.1) is 0 Å². The smallest absolute Gasteiger partial charge is 0.0545 e. The molecule has 0 aliphatic carbocycles. The van der Waals surface area contributed by atoms with Crippen molar-refractivity contribution < 1.29 is 0 Å². The highest BCUT2D eigenvalue weighted by Gasteiger charge is 2.05. The second-order valence-corrected chi connectivity index (χ2v) is 5.36. The number of aromatic nitrogens is 1. The van der Waals surface area contributed by atoms with Crippen molar-refractivity contribution in [2.24, 2.45) is 17.6 Å². The van der Waals surface area contributed by atoms with Gasteiger partial charge in [0.1, 0.15) is 0 Å². The minimum Gasteiger partial charge on any atom is -0.325 e. The topological polar surface area (TPSA) is 38.9 Å². The van der Waals surface area contributed by atoms with Crippen molar-refractivity contribution in [2.45, 2.75) is 47.1 Å². The number of nitrogens with zero attached hydrogens (tertiary/aromatic N) is 1. The largest absolute Gasteiger partial charge is 0.325 e. The number of hydrogen-bond donors (Lipinski definition) is 1. The molecule has 16 heavy (non-hydrogen) atoms. The highest BCUT2D eigenvalue weighted by atomic mass is 14.7. The van der Waals surface area contributed by atoms with Crippen molar-refractivity contribution >= 4 is 0 Å². The van der Waals surface area contributed by atoms with Gasteiger partial charge in [-0.25, -0.2) is 0 Å². The third kappa shape index (κ3) is 4.31. The van der Waals surface area contributed by atoms with Gasteiger partial charge in [0.05, 0.1) is 5.69 Å². The number of hydrogen-bond acceptors (Lipinski definition) is 2. The Morgan fingerprint density at radius 3 is 2.06 bits per heavy atom. The molecule has 0 aromatic carbocycles. The summed E-state index contributed by atoms with van der Waals surface area (Å²) in [7, 11) is 0. The van der Waals surface area contributed by atoms with Gasteiger partial charge in [0.2, 0.25) is 0 Å². The number of rotatable bonds is 5. The monoisotopic (exact) mass is 220 g/mol. The molecule has 0 saturated carbocycles. The van der Waals surface area contributed by atoms with Crippen LogP contribution in [0.3, 0.4) is 0 Å². The van der Waals surface area contributed by atoms with E-state index in [4.69, 9.17) is 5.73 Å². The molecule has 2 heteroatoms. The second-order valence-electron chi connectivity index (χ2n) is 5.36. The molecule has 0 bridgehead atoms.